The van der Waals surface area contributed by atoms with E-state index in [1.165, 1.54) is 5.56 Å². The molecule has 0 spiro atoms. The first-order valence-electron chi connectivity index (χ1n) is 7.49. The van der Waals surface area contributed by atoms with E-state index < -0.39 is 0 Å². The number of halogens is 1. The molecule has 1 aliphatic heterocycles. The van der Waals surface area contributed by atoms with Crippen LogP contribution in [0.5, 0.6) is 5.75 Å². The Kier molecular flexibility index (Phi) is 5.50. The summed E-state index contributed by atoms with van der Waals surface area (Å²) in [4.78, 5) is 12.5. The van der Waals surface area contributed by atoms with Gasteiger partial charge in [-0.2, -0.15) is 0 Å². The summed E-state index contributed by atoms with van der Waals surface area (Å²) in [5.74, 6) is 0.724. The molecular weight excluding hydrogens is 312 g/mol. The van der Waals surface area contributed by atoms with Crippen LogP contribution < -0.4 is 15.4 Å². The lowest BCUT2D eigenvalue weighted by molar-refractivity contribution is 0.0939. The maximum absolute atomic E-state index is 12.5. The first-order chi connectivity index (χ1) is 10.7. The van der Waals surface area contributed by atoms with Gasteiger partial charge in [-0.15, -0.1) is 12.4 Å². The van der Waals surface area contributed by atoms with Crippen LogP contribution in [-0.4, -0.2) is 19.6 Å². The van der Waals surface area contributed by atoms with Crippen LogP contribution in [0.1, 0.15) is 34.5 Å². The molecule has 0 saturated heterocycles. The van der Waals surface area contributed by atoms with Gasteiger partial charge in [-0.05, 0) is 43.2 Å². The highest BCUT2D eigenvalue weighted by atomic mass is 35.5. The monoisotopic (exact) mass is 332 g/mol. The summed E-state index contributed by atoms with van der Waals surface area (Å²) in [5.41, 5.74) is 4.01. The average molecular weight is 333 g/mol. The SMILES string of the molecule is COc1ccccc1C(C)NC(=O)c1ccc2c(c1)CCN2.Cl. The summed E-state index contributed by atoms with van der Waals surface area (Å²) >= 11 is 0. The van der Waals surface area contributed by atoms with Gasteiger partial charge >= 0.3 is 0 Å². The Balaban J connectivity index is 0.00000192. The number of carbonyl (C=O) groups is 1. The number of hydrogen-bond acceptors (Lipinski definition) is 3. The smallest absolute Gasteiger partial charge is 0.251 e. The van der Waals surface area contributed by atoms with E-state index in [-0.39, 0.29) is 24.4 Å². The molecule has 3 rings (SSSR count). The minimum atomic E-state index is -0.116. The van der Waals surface area contributed by atoms with Crippen molar-refractivity contribution >= 4 is 24.0 Å². The van der Waals surface area contributed by atoms with E-state index in [9.17, 15) is 4.79 Å². The fourth-order valence-corrected chi connectivity index (χ4v) is 2.83. The van der Waals surface area contributed by atoms with E-state index in [2.05, 4.69) is 10.6 Å². The first-order valence-corrected chi connectivity index (χ1v) is 7.49. The van der Waals surface area contributed by atoms with Gasteiger partial charge in [0.15, 0.2) is 0 Å². The van der Waals surface area contributed by atoms with Crippen molar-refractivity contribution in [2.45, 2.75) is 19.4 Å². The number of methoxy groups -OCH3 is 1. The number of anilines is 1. The molecule has 2 N–H and O–H groups in total. The summed E-state index contributed by atoms with van der Waals surface area (Å²) in [7, 11) is 1.64. The minimum absolute atomic E-state index is 0. The predicted octanol–water partition coefficient (Wildman–Crippen LogP) is 3.58. The molecule has 23 heavy (non-hydrogen) atoms. The fourth-order valence-electron chi connectivity index (χ4n) is 2.83. The summed E-state index contributed by atoms with van der Waals surface area (Å²) < 4.78 is 5.35. The third-order valence-electron chi connectivity index (χ3n) is 4.03. The highest BCUT2D eigenvalue weighted by Crippen LogP contribution is 2.26. The number of hydrogen-bond donors (Lipinski definition) is 2. The molecular formula is C18H21ClN2O2. The van der Waals surface area contributed by atoms with Crippen LogP contribution in [0.15, 0.2) is 42.5 Å². The van der Waals surface area contributed by atoms with Crippen LogP contribution >= 0.6 is 12.4 Å². The molecule has 122 valence electrons. The molecule has 0 saturated carbocycles. The molecule has 2 aromatic rings. The van der Waals surface area contributed by atoms with Crippen molar-refractivity contribution in [2.75, 3.05) is 19.0 Å². The summed E-state index contributed by atoms with van der Waals surface area (Å²) in [6.45, 7) is 2.91. The zero-order chi connectivity index (χ0) is 15.5. The molecule has 0 radical (unpaired) electrons. The molecule has 0 aromatic heterocycles. The van der Waals surface area contributed by atoms with Crippen LogP contribution in [0.3, 0.4) is 0 Å². The van der Waals surface area contributed by atoms with Gasteiger partial charge in [0.2, 0.25) is 0 Å². The van der Waals surface area contributed by atoms with Gasteiger partial charge in [-0.1, -0.05) is 18.2 Å². The van der Waals surface area contributed by atoms with Gasteiger partial charge in [-0.25, -0.2) is 0 Å². The highest BCUT2D eigenvalue weighted by Gasteiger charge is 2.17. The predicted molar refractivity (Wildman–Crippen MR) is 94.8 cm³/mol. The summed E-state index contributed by atoms with van der Waals surface area (Å²) in [5, 5.41) is 6.34. The number of carbonyl (C=O) groups excluding carboxylic acids is 1. The Morgan fingerprint density at radius 1 is 1.26 bits per heavy atom. The Bertz CT molecular complexity index is 703. The van der Waals surface area contributed by atoms with Gasteiger partial charge in [0.05, 0.1) is 13.2 Å². The number of amides is 1. The standard InChI is InChI=1S/C18H20N2O2.ClH/c1-12(15-5-3-4-6-17(15)22-2)20-18(21)14-7-8-16-13(11-14)9-10-19-16;/h3-8,11-12,19H,9-10H2,1-2H3,(H,20,21);1H. The zero-order valence-corrected chi connectivity index (χ0v) is 14.1. The Labute approximate surface area is 142 Å². The number of ether oxygens (including phenoxy) is 1. The van der Waals surface area contributed by atoms with E-state index in [1.54, 1.807) is 7.11 Å². The number of benzene rings is 2. The second-order valence-electron chi connectivity index (χ2n) is 5.49. The lowest BCUT2D eigenvalue weighted by Gasteiger charge is -2.17. The van der Waals surface area contributed by atoms with Crippen molar-refractivity contribution in [3.05, 3.63) is 59.2 Å². The first kappa shape index (κ1) is 17.2. The second-order valence-corrected chi connectivity index (χ2v) is 5.49. The number of rotatable bonds is 4. The molecule has 5 heteroatoms. The summed E-state index contributed by atoms with van der Waals surface area (Å²) in [6, 6.07) is 13.4. The molecule has 1 aliphatic rings. The fraction of sp³-hybridized carbons (Fsp3) is 0.278. The molecule has 2 aromatic carbocycles. The maximum Gasteiger partial charge on any atom is 0.251 e. The van der Waals surface area contributed by atoms with E-state index >= 15 is 0 Å². The zero-order valence-electron chi connectivity index (χ0n) is 13.3. The van der Waals surface area contributed by atoms with Crippen LogP contribution in [0.25, 0.3) is 0 Å². The quantitative estimate of drug-likeness (QED) is 0.899. The van der Waals surface area contributed by atoms with Gasteiger partial charge < -0.3 is 15.4 Å². The van der Waals surface area contributed by atoms with Crippen molar-refractivity contribution in [1.29, 1.82) is 0 Å². The van der Waals surface area contributed by atoms with Crippen molar-refractivity contribution < 1.29 is 9.53 Å². The molecule has 1 amide bonds. The topological polar surface area (TPSA) is 50.4 Å². The van der Waals surface area contributed by atoms with E-state index in [4.69, 9.17) is 4.74 Å². The number of fused-ring (bicyclic) bond motifs is 1. The summed E-state index contributed by atoms with van der Waals surface area (Å²) in [6.07, 6.45) is 0.971. The third-order valence-corrected chi connectivity index (χ3v) is 4.03. The Morgan fingerprint density at radius 2 is 2.04 bits per heavy atom. The van der Waals surface area contributed by atoms with Crippen molar-refractivity contribution in [1.82, 2.24) is 5.32 Å². The van der Waals surface area contributed by atoms with Crippen molar-refractivity contribution in [3.8, 4) is 5.75 Å². The minimum Gasteiger partial charge on any atom is -0.496 e. The van der Waals surface area contributed by atoms with Gasteiger partial charge in [0.25, 0.3) is 5.91 Å². The van der Waals surface area contributed by atoms with Crippen LogP contribution in [0, 0.1) is 0 Å². The van der Waals surface area contributed by atoms with Gasteiger partial charge in [-0.3, -0.25) is 4.79 Å². The number of nitrogens with one attached hydrogen (secondary N) is 2. The molecule has 0 bridgehead atoms. The van der Waals surface area contributed by atoms with E-state index in [0.717, 1.165) is 30.0 Å². The van der Waals surface area contributed by atoms with Crippen molar-refractivity contribution in [2.24, 2.45) is 0 Å². The van der Waals surface area contributed by atoms with Crippen molar-refractivity contribution in [3.63, 3.8) is 0 Å². The molecule has 1 unspecified atom stereocenters. The normalized spacial score (nSPS) is 13.3. The van der Waals surface area contributed by atoms with E-state index in [1.807, 2.05) is 49.4 Å². The van der Waals surface area contributed by atoms with Crippen LogP contribution in [0.2, 0.25) is 0 Å². The largest absolute Gasteiger partial charge is 0.496 e. The maximum atomic E-state index is 12.5. The second kappa shape index (κ2) is 7.38. The molecule has 1 atom stereocenters. The Hall–Kier alpha value is -2.20. The molecule has 0 aliphatic carbocycles. The van der Waals surface area contributed by atoms with E-state index in [0.29, 0.717) is 5.56 Å². The highest BCUT2D eigenvalue weighted by molar-refractivity contribution is 5.95. The molecule has 4 nitrogen and oxygen atoms in total. The van der Waals surface area contributed by atoms with Crippen LogP contribution in [-0.2, 0) is 6.42 Å². The Morgan fingerprint density at radius 3 is 2.83 bits per heavy atom. The molecule has 1 heterocycles. The lowest BCUT2D eigenvalue weighted by atomic mass is 10.1. The number of para-hydroxylation sites is 1. The molecule has 0 fully saturated rings. The van der Waals surface area contributed by atoms with Crippen LogP contribution in [0.4, 0.5) is 5.69 Å². The van der Waals surface area contributed by atoms with Gasteiger partial charge in [0.1, 0.15) is 5.75 Å². The lowest BCUT2D eigenvalue weighted by Crippen LogP contribution is -2.27. The third kappa shape index (κ3) is 3.59. The van der Waals surface area contributed by atoms with Gasteiger partial charge in [0, 0.05) is 23.4 Å². The average Bonchev–Trinajstić information content (AvgIpc) is 3.02.